The monoisotopic (exact) mass is 565 g/mol. The Morgan fingerprint density at radius 2 is 1.89 bits per heavy atom. The van der Waals surface area contributed by atoms with E-state index in [0.29, 0.717) is 27.0 Å². The number of hydrogen-bond donors (Lipinski definition) is 1. The predicted octanol–water partition coefficient (Wildman–Crippen LogP) is 3.17. The Bertz CT molecular complexity index is 1280. The van der Waals surface area contributed by atoms with E-state index in [1.54, 1.807) is 30.3 Å². The third-order valence-corrected chi connectivity index (χ3v) is 8.06. The normalized spacial score (nSPS) is 25.8. The Balaban J connectivity index is 0.000000205. The number of ether oxygens (including phenoxy) is 2. The minimum Gasteiger partial charge on any atom is -0.545 e. The summed E-state index contributed by atoms with van der Waals surface area (Å²) in [5, 5.41) is 14.9. The number of carbonyl (C=O) groups excluding carboxylic acids is 2. The van der Waals surface area contributed by atoms with E-state index in [-0.39, 0.29) is 64.8 Å². The molecule has 1 aliphatic carbocycles. The number of fused-ring (bicyclic) bond motifs is 3. The molecule has 0 bridgehead atoms. The Labute approximate surface area is 255 Å². The molecular formula is C29H30Cl2NNaO5. The number of allylic oxidation sites excluding steroid dienone is 2. The van der Waals surface area contributed by atoms with Gasteiger partial charge in [0.2, 0.25) is 0 Å². The molecule has 2 saturated heterocycles. The summed E-state index contributed by atoms with van der Waals surface area (Å²) in [6, 6.07) is 9.91. The van der Waals surface area contributed by atoms with Gasteiger partial charge in [-0.25, -0.2) is 4.79 Å². The summed E-state index contributed by atoms with van der Waals surface area (Å²) in [6.07, 6.45) is 6.25. The summed E-state index contributed by atoms with van der Waals surface area (Å²) in [5.74, 6) is -1.36. The minimum absolute atomic E-state index is 0. The molecule has 4 unspecified atom stereocenters. The van der Waals surface area contributed by atoms with E-state index >= 15 is 0 Å². The molecule has 6 nitrogen and oxygen atoms in total. The third kappa shape index (κ3) is 6.67. The van der Waals surface area contributed by atoms with Crippen LogP contribution in [0.3, 0.4) is 0 Å². The van der Waals surface area contributed by atoms with Crippen molar-refractivity contribution in [1.82, 2.24) is 0 Å². The molecule has 0 radical (unpaired) electrons. The van der Waals surface area contributed by atoms with Gasteiger partial charge in [0.25, 0.3) is 0 Å². The van der Waals surface area contributed by atoms with Crippen LogP contribution < -0.4 is 40.0 Å². The number of esters is 1. The average Bonchev–Trinajstić information content (AvgIpc) is 3.45. The van der Waals surface area contributed by atoms with Crippen molar-refractivity contribution in [3.63, 3.8) is 0 Å². The number of anilines is 2. The molecule has 5 rings (SSSR count). The molecule has 1 N–H and O–H groups in total. The largest absolute Gasteiger partial charge is 1.00 e. The van der Waals surface area contributed by atoms with Crippen molar-refractivity contribution in [3.8, 4) is 0 Å². The predicted molar refractivity (Wildman–Crippen MR) is 143 cm³/mol. The van der Waals surface area contributed by atoms with Gasteiger partial charge in [-0.2, -0.15) is 0 Å². The van der Waals surface area contributed by atoms with E-state index in [4.69, 9.17) is 32.7 Å². The van der Waals surface area contributed by atoms with Crippen molar-refractivity contribution >= 4 is 46.5 Å². The first-order valence-corrected chi connectivity index (χ1v) is 13.0. The second-order valence-corrected chi connectivity index (χ2v) is 10.8. The van der Waals surface area contributed by atoms with Crippen LogP contribution in [-0.4, -0.2) is 29.7 Å². The fourth-order valence-electron chi connectivity index (χ4n) is 4.88. The van der Waals surface area contributed by atoms with Gasteiger partial charge >= 0.3 is 35.5 Å². The molecule has 2 aromatic rings. The number of epoxide rings is 1. The maximum Gasteiger partial charge on any atom is 1.00 e. The first-order valence-electron chi connectivity index (χ1n) is 12.3. The summed E-state index contributed by atoms with van der Waals surface area (Å²) in [6.45, 7) is 10.0. The molecule has 0 amide bonds. The molecule has 0 spiro atoms. The smallest absolute Gasteiger partial charge is 0.545 e. The van der Waals surface area contributed by atoms with Gasteiger partial charge in [0.1, 0.15) is 12.2 Å². The fraction of sp³-hybridized carbons (Fsp3) is 0.379. The number of para-hydroxylation sites is 1. The van der Waals surface area contributed by atoms with Gasteiger partial charge in [-0.05, 0) is 64.2 Å². The van der Waals surface area contributed by atoms with Crippen molar-refractivity contribution in [1.29, 1.82) is 0 Å². The van der Waals surface area contributed by atoms with Crippen LogP contribution in [0, 0.1) is 12.8 Å². The number of rotatable bonds is 3. The first kappa shape index (κ1) is 30.7. The molecule has 3 aliphatic rings. The van der Waals surface area contributed by atoms with Gasteiger partial charge in [0, 0.05) is 22.7 Å². The summed E-state index contributed by atoms with van der Waals surface area (Å²) >= 11 is 12.2. The molecule has 2 aliphatic heterocycles. The van der Waals surface area contributed by atoms with Crippen LogP contribution in [0.5, 0.6) is 0 Å². The average molecular weight is 566 g/mol. The summed E-state index contributed by atoms with van der Waals surface area (Å²) in [4.78, 5) is 22.7. The molecule has 196 valence electrons. The van der Waals surface area contributed by atoms with E-state index in [2.05, 4.69) is 31.8 Å². The Kier molecular flexibility index (Phi) is 10.2. The molecule has 0 aromatic heterocycles. The van der Waals surface area contributed by atoms with E-state index in [0.717, 1.165) is 31.2 Å². The zero-order valence-electron chi connectivity index (χ0n) is 22.1. The number of nitrogens with one attached hydrogen (secondary N) is 1. The van der Waals surface area contributed by atoms with Crippen molar-refractivity contribution < 1.29 is 53.7 Å². The quantitative estimate of drug-likeness (QED) is 0.202. The number of aryl methyl sites for hydroxylation is 1. The molecule has 38 heavy (non-hydrogen) atoms. The minimum atomic E-state index is -1.26. The molecule has 2 fully saturated rings. The van der Waals surface area contributed by atoms with E-state index in [1.165, 1.54) is 11.6 Å². The molecule has 4 atom stereocenters. The van der Waals surface area contributed by atoms with Gasteiger partial charge in [0.05, 0.1) is 27.3 Å². The van der Waals surface area contributed by atoms with Crippen LogP contribution in [0.15, 0.2) is 60.2 Å². The zero-order chi connectivity index (χ0) is 26.9. The van der Waals surface area contributed by atoms with Crippen LogP contribution in [-0.2, 0) is 14.3 Å². The fourth-order valence-corrected chi connectivity index (χ4v) is 5.35. The second kappa shape index (κ2) is 12.6. The molecule has 9 heteroatoms. The Hall–Kier alpha value is -1.80. The first-order chi connectivity index (χ1) is 17.5. The molecular weight excluding hydrogens is 536 g/mol. The van der Waals surface area contributed by atoms with Gasteiger partial charge in [0.15, 0.2) is 0 Å². The van der Waals surface area contributed by atoms with Crippen molar-refractivity contribution in [2.24, 2.45) is 5.92 Å². The maximum absolute atomic E-state index is 11.7. The number of carboxylic acids is 1. The zero-order valence-corrected chi connectivity index (χ0v) is 25.6. The number of carboxylic acid groups (broad SMARTS) is 1. The topological polar surface area (TPSA) is 91.0 Å². The van der Waals surface area contributed by atoms with E-state index < -0.39 is 5.97 Å². The number of hydrogen-bond acceptors (Lipinski definition) is 6. The van der Waals surface area contributed by atoms with E-state index in [1.807, 2.05) is 6.92 Å². The second-order valence-electron chi connectivity index (χ2n) is 9.99. The molecule has 0 saturated carbocycles. The van der Waals surface area contributed by atoms with Crippen molar-refractivity contribution in [2.45, 2.75) is 64.3 Å². The van der Waals surface area contributed by atoms with Crippen LogP contribution in [0.1, 0.15) is 55.5 Å². The summed E-state index contributed by atoms with van der Waals surface area (Å²) in [5.41, 5.74) is 3.68. The number of halogens is 2. The van der Waals surface area contributed by atoms with Crippen molar-refractivity contribution in [2.75, 3.05) is 5.32 Å². The standard InChI is InChI=1S/C15H20O3.C14H11Cl2NO2.Na/c1-9-5-4-8-15(3)13(18-15)12-11(7-6-9)10(2)14(16)17-12;1-8-6-7-10(15)13(12(8)16)17-11-5-3-2-4-9(11)14(18)19;/h5,11-13H,2,4,6-8H2,1,3H3;2-7,17H,1H3,(H,18,19);/q;;+1/p-1. The Morgan fingerprint density at radius 1 is 1.18 bits per heavy atom. The van der Waals surface area contributed by atoms with Gasteiger partial charge < -0.3 is 24.7 Å². The van der Waals surface area contributed by atoms with Crippen molar-refractivity contribution in [3.05, 3.63) is 81.4 Å². The molecule has 2 heterocycles. The van der Waals surface area contributed by atoms with E-state index in [9.17, 15) is 14.7 Å². The number of aromatic carboxylic acids is 1. The Morgan fingerprint density at radius 3 is 2.61 bits per heavy atom. The van der Waals surface area contributed by atoms with Gasteiger partial charge in [-0.3, -0.25) is 0 Å². The van der Waals surface area contributed by atoms with Crippen LogP contribution >= 0.6 is 23.2 Å². The SMILES string of the molecule is C=C1C(=O)OC2C1CCC(C)=CCCC1(C)OC21.Cc1ccc(Cl)c(Nc2ccccc2C(=O)[O-])c1Cl.[Na+]. The van der Waals surface area contributed by atoms with Crippen LogP contribution in [0.25, 0.3) is 0 Å². The van der Waals surface area contributed by atoms with Crippen LogP contribution in [0.4, 0.5) is 11.4 Å². The van der Waals surface area contributed by atoms with Gasteiger partial charge in [-0.1, -0.05) is 65.7 Å². The maximum atomic E-state index is 11.7. The number of carbonyl (C=O) groups is 2. The number of benzene rings is 2. The summed E-state index contributed by atoms with van der Waals surface area (Å²) < 4.78 is 11.3. The summed E-state index contributed by atoms with van der Waals surface area (Å²) in [7, 11) is 0. The third-order valence-electron chi connectivity index (χ3n) is 7.26. The molecule has 2 aromatic carbocycles. The van der Waals surface area contributed by atoms with Gasteiger partial charge in [-0.15, -0.1) is 0 Å². The van der Waals surface area contributed by atoms with Crippen LogP contribution in [0.2, 0.25) is 10.0 Å².